The van der Waals surface area contributed by atoms with Crippen molar-refractivity contribution in [1.82, 2.24) is 19.9 Å². The van der Waals surface area contributed by atoms with Gasteiger partial charge in [0.25, 0.3) is 5.56 Å². The second-order valence-corrected chi connectivity index (χ2v) is 14.0. The predicted octanol–water partition coefficient (Wildman–Crippen LogP) is 7.00. The van der Waals surface area contributed by atoms with E-state index in [4.69, 9.17) is 9.97 Å². The predicted molar refractivity (Wildman–Crippen MR) is 180 cm³/mol. The molecule has 238 valence electrons. The topological polar surface area (TPSA) is 101 Å². The zero-order valence-electron chi connectivity index (χ0n) is 26.4. The number of benzene rings is 2. The highest BCUT2D eigenvalue weighted by Gasteiger charge is 2.38. The van der Waals surface area contributed by atoms with E-state index in [1.807, 2.05) is 41.9 Å². The highest BCUT2D eigenvalue weighted by molar-refractivity contribution is 7.08. The van der Waals surface area contributed by atoms with E-state index in [2.05, 4.69) is 43.6 Å². The summed E-state index contributed by atoms with van der Waals surface area (Å²) in [6.45, 7) is 10.5. The van der Waals surface area contributed by atoms with Crippen molar-refractivity contribution in [2.24, 2.45) is 0 Å². The minimum Gasteiger partial charge on any atom is -0.351 e. The van der Waals surface area contributed by atoms with Crippen LogP contribution in [-0.2, 0) is 11.2 Å². The molecule has 0 unspecified atom stereocenters. The van der Waals surface area contributed by atoms with Crippen molar-refractivity contribution in [2.75, 3.05) is 10.6 Å². The van der Waals surface area contributed by atoms with Crippen LogP contribution in [0, 0.1) is 18.6 Å². The van der Waals surface area contributed by atoms with E-state index in [0.29, 0.717) is 22.3 Å². The number of amides is 1. The lowest BCUT2D eigenvalue weighted by Crippen LogP contribution is -2.60. The molecule has 3 N–H and O–H groups in total. The number of piperidine rings is 1. The van der Waals surface area contributed by atoms with Gasteiger partial charge in [-0.2, -0.15) is 16.3 Å². The first-order valence-electron chi connectivity index (χ1n) is 15.1. The van der Waals surface area contributed by atoms with Gasteiger partial charge in [0, 0.05) is 39.8 Å². The van der Waals surface area contributed by atoms with E-state index in [-0.39, 0.29) is 41.0 Å². The molecule has 0 spiro atoms. The number of hydrogen-bond donors (Lipinski definition) is 3. The van der Waals surface area contributed by atoms with Gasteiger partial charge in [0.2, 0.25) is 11.9 Å². The maximum Gasteiger partial charge on any atom is 0.256 e. The van der Waals surface area contributed by atoms with Crippen LogP contribution < -0.4 is 21.5 Å². The number of para-hydroxylation sites is 1. The van der Waals surface area contributed by atoms with Gasteiger partial charge in [-0.3, -0.25) is 14.2 Å². The van der Waals surface area contributed by atoms with Crippen LogP contribution in [0.3, 0.4) is 0 Å². The molecule has 0 saturated carbocycles. The van der Waals surface area contributed by atoms with E-state index < -0.39 is 22.9 Å². The summed E-state index contributed by atoms with van der Waals surface area (Å²) in [5.41, 5.74) is 2.03. The largest absolute Gasteiger partial charge is 0.351 e. The molecule has 6 rings (SSSR count). The lowest BCUT2D eigenvalue weighted by Gasteiger charge is -2.46. The van der Waals surface area contributed by atoms with Gasteiger partial charge in [-0.1, -0.05) is 12.1 Å². The smallest absolute Gasteiger partial charge is 0.256 e. The van der Waals surface area contributed by atoms with Crippen LogP contribution in [0.1, 0.15) is 51.7 Å². The number of aromatic nitrogens is 3. The third kappa shape index (κ3) is 6.56. The zero-order chi connectivity index (χ0) is 32.8. The summed E-state index contributed by atoms with van der Waals surface area (Å²) in [7, 11) is 0. The van der Waals surface area contributed by atoms with Gasteiger partial charge < -0.3 is 16.0 Å². The Morgan fingerprint density at radius 2 is 1.74 bits per heavy atom. The van der Waals surface area contributed by atoms with Crippen molar-refractivity contribution in [3.8, 4) is 16.9 Å². The number of halogens is 2. The van der Waals surface area contributed by atoms with Crippen molar-refractivity contribution in [3.63, 3.8) is 0 Å². The van der Waals surface area contributed by atoms with Crippen LogP contribution >= 0.6 is 11.3 Å². The number of rotatable bonds is 7. The molecule has 0 atom stereocenters. The van der Waals surface area contributed by atoms with Crippen LogP contribution in [0.4, 0.5) is 20.4 Å². The Morgan fingerprint density at radius 1 is 1.02 bits per heavy atom. The van der Waals surface area contributed by atoms with Crippen LogP contribution in [0.25, 0.3) is 28.0 Å². The number of anilines is 2. The van der Waals surface area contributed by atoms with Gasteiger partial charge in [-0.25, -0.2) is 13.8 Å². The summed E-state index contributed by atoms with van der Waals surface area (Å²) < 4.78 is 31.3. The summed E-state index contributed by atoms with van der Waals surface area (Å²) in [5.74, 6) is -1.72. The number of fused-ring (bicyclic) bond motifs is 1. The minimum absolute atomic E-state index is 0.0329. The summed E-state index contributed by atoms with van der Waals surface area (Å²) in [6.07, 6.45) is 1.77. The highest BCUT2D eigenvalue weighted by atomic mass is 32.1. The maximum atomic E-state index is 15.2. The minimum atomic E-state index is -0.891. The molecule has 0 radical (unpaired) electrons. The number of carbonyl (C=O) groups excluding carboxylic acids is 1. The Morgan fingerprint density at radius 3 is 2.41 bits per heavy atom. The summed E-state index contributed by atoms with van der Waals surface area (Å²) in [5, 5.41) is 14.4. The van der Waals surface area contributed by atoms with Crippen molar-refractivity contribution < 1.29 is 13.6 Å². The number of carbonyl (C=O) groups is 1. The molecule has 2 aromatic carbocycles. The fraction of sp³-hybridized carbons (Fsp3) is 0.314. The molecule has 1 aliphatic heterocycles. The van der Waals surface area contributed by atoms with E-state index in [1.54, 1.807) is 6.07 Å². The molecule has 0 aliphatic carbocycles. The summed E-state index contributed by atoms with van der Waals surface area (Å²) in [6, 6.07) is 13.7. The number of aryl methyl sites for hydroxylation is 1. The average molecular weight is 643 g/mol. The van der Waals surface area contributed by atoms with Gasteiger partial charge in [0.15, 0.2) is 5.65 Å². The average Bonchev–Trinajstić information content (AvgIpc) is 3.46. The third-order valence-corrected chi connectivity index (χ3v) is 8.89. The Labute approximate surface area is 269 Å². The van der Waals surface area contributed by atoms with Gasteiger partial charge in [0.1, 0.15) is 17.3 Å². The van der Waals surface area contributed by atoms with E-state index in [9.17, 15) is 9.59 Å². The number of hydrogen-bond acceptors (Lipinski definition) is 7. The third-order valence-electron chi connectivity index (χ3n) is 8.16. The molecule has 1 amide bonds. The standard InChI is InChI=1S/C35H36F2N6O2S/c1-20-9-10-22(38-28(44)15-21-13-14-46-19-21)16-25(20)30-24-11-12-29(45)43(31-26(36)7-6-8-27(31)37)32(24)41-33(40-30)39-23-17-34(2,3)42-35(4,5)18-23/h6-14,16,19,23,42H,15,17-18H2,1-5H3,(H,38,44)(H,39,40,41). The lowest BCUT2D eigenvalue weighted by atomic mass is 9.80. The lowest BCUT2D eigenvalue weighted by molar-refractivity contribution is -0.115. The molecular formula is C35H36F2N6O2S. The highest BCUT2D eigenvalue weighted by Crippen LogP contribution is 2.34. The van der Waals surface area contributed by atoms with Crippen molar-refractivity contribution in [3.05, 3.63) is 98.5 Å². The summed E-state index contributed by atoms with van der Waals surface area (Å²) in [4.78, 5) is 35.9. The first-order valence-corrected chi connectivity index (χ1v) is 16.1. The number of thiophene rings is 1. The Kier molecular flexibility index (Phi) is 8.24. The number of nitrogens with zero attached hydrogens (tertiary/aromatic N) is 3. The molecule has 5 aromatic rings. The fourth-order valence-corrected chi connectivity index (χ4v) is 7.32. The Hall–Kier alpha value is -4.48. The van der Waals surface area contributed by atoms with Gasteiger partial charge in [-0.05, 0) is 106 Å². The van der Waals surface area contributed by atoms with Gasteiger partial charge in [-0.15, -0.1) is 0 Å². The molecule has 1 aliphatic rings. The van der Waals surface area contributed by atoms with Crippen LogP contribution in [-0.4, -0.2) is 37.6 Å². The van der Waals surface area contributed by atoms with Crippen LogP contribution in [0.2, 0.25) is 0 Å². The van der Waals surface area contributed by atoms with Crippen molar-refractivity contribution in [2.45, 2.75) is 71.0 Å². The van der Waals surface area contributed by atoms with Crippen LogP contribution in [0.15, 0.2) is 70.2 Å². The molecule has 3 aromatic heterocycles. The number of nitrogens with one attached hydrogen (secondary N) is 3. The van der Waals surface area contributed by atoms with E-state index in [1.165, 1.54) is 23.5 Å². The molecule has 0 bridgehead atoms. The molecule has 4 heterocycles. The Balaban J connectivity index is 1.51. The second kappa shape index (κ2) is 12.0. The quantitative estimate of drug-likeness (QED) is 0.177. The van der Waals surface area contributed by atoms with Gasteiger partial charge >= 0.3 is 0 Å². The molecule has 11 heteroatoms. The second-order valence-electron chi connectivity index (χ2n) is 13.2. The zero-order valence-corrected chi connectivity index (χ0v) is 27.2. The molecule has 46 heavy (non-hydrogen) atoms. The van der Waals surface area contributed by atoms with Gasteiger partial charge in [0.05, 0.1) is 12.1 Å². The van der Waals surface area contributed by atoms with Crippen molar-refractivity contribution >= 4 is 39.9 Å². The van der Waals surface area contributed by atoms with Crippen molar-refractivity contribution in [1.29, 1.82) is 0 Å². The monoisotopic (exact) mass is 642 g/mol. The molecule has 1 saturated heterocycles. The van der Waals surface area contributed by atoms with Crippen LogP contribution in [0.5, 0.6) is 0 Å². The fourth-order valence-electron chi connectivity index (χ4n) is 6.65. The van der Waals surface area contributed by atoms with E-state index in [0.717, 1.165) is 40.7 Å². The summed E-state index contributed by atoms with van der Waals surface area (Å²) >= 11 is 1.53. The SMILES string of the molecule is Cc1ccc(NC(=O)Cc2ccsc2)cc1-c1nc(NC2CC(C)(C)NC(C)(C)C2)nc2c1ccc(=O)n2-c1c(F)cccc1F. The molecule has 8 nitrogen and oxygen atoms in total. The first kappa shape index (κ1) is 31.5. The maximum absolute atomic E-state index is 15.2. The first-order chi connectivity index (χ1) is 21.8. The molecular weight excluding hydrogens is 606 g/mol. The Bertz CT molecular complexity index is 1970. The number of pyridine rings is 1. The normalized spacial score (nSPS) is 16.0. The van der Waals surface area contributed by atoms with E-state index >= 15 is 8.78 Å². The molecule has 1 fully saturated rings.